The van der Waals surface area contributed by atoms with Gasteiger partial charge in [-0.15, -0.1) is 23.2 Å². The molecule has 0 heterocycles. The molecule has 0 aliphatic rings. The zero-order valence-electron chi connectivity index (χ0n) is 8.08. The molecule has 1 rings (SSSR count). The predicted octanol–water partition coefficient (Wildman–Crippen LogP) is 3.54. The molecular formula is C10H9Cl2F2Ti. The molecule has 0 nitrogen and oxygen atoms in total. The van der Waals surface area contributed by atoms with Crippen LogP contribution in [0.25, 0.3) is 0 Å². The standard InChI is InChI=1S/C10H9Cl2F2.Ti/c1-10(12,6-11)5-7-2-3-8(13)4-9(7)14;/h2-3H,5-6H2,1H3;. The Balaban J connectivity index is 0.00000196. The molecule has 1 radical (unpaired) electrons. The number of hydrogen-bond donors (Lipinski definition) is 0. The Hall–Kier alpha value is 0.374. The van der Waals surface area contributed by atoms with Crippen molar-refractivity contribution in [2.24, 2.45) is 0 Å². The van der Waals surface area contributed by atoms with Gasteiger partial charge in [0.1, 0.15) is 11.6 Å². The average Bonchev–Trinajstić information content (AvgIpc) is 2.10. The van der Waals surface area contributed by atoms with Gasteiger partial charge in [0.15, 0.2) is 0 Å². The van der Waals surface area contributed by atoms with Gasteiger partial charge in [-0.2, -0.15) is 0 Å². The number of halogens is 4. The maximum absolute atomic E-state index is 13.1. The Morgan fingerprint density at radius 3 is 2.47 bits per heavy atom. The van der Waals surface area contributed by atoms with Crippen LogP contribution in [0.15, 0.2) is 12.1 Å². The maximum Gasteiger partial charge on any atom is 0.137 e. The number of benzene rings is 1. The number of alkyl halides is 2. The van der Waals surface area contributed by atoms with Gasteiger partial charge >= 0.3 is 0 Å². The third kappa shape index (κ3) is 4.82. The molecule has 0 saturated heterocycles. The molecule has 81 valence electrons. The SMILES string of the molecule is CC(Cl)(CCl)Cc1ccc(F)[c]c1F.[Ti]. The second-order valence-corrected chi connectivity index (χ2v) is 4.55. The van der Waals surface area contributed by atoms with Crippen molar-refractivity contribution in [3.8, 4) is 0 Å². The topological polar surface area (TPSA) is 0 Å². The fourth-order valence-electron chi connectivity index (χ4n) is 1.05. The molecule has 0 fully saturated rings. The Morgan fingerprint density at radius 2 is 2.00 bits per heavy atom. The van der Waals surface area contributed by atoms with E-state index in [1.807, 2.05) is 6.07 Å². The summed E-state index contributed by atoms with van der Waals surface area (Å²) in [4.78, 5) is -0.714. The smallest absolute Gasteiger partial charge is 0.137 e. The Morgan fingerprint density at radius 1 is 1.40 bits per heavy atom. The third-order valence-corrected chi connectivity index (χ3v) is 2.77. The van der Waals surface area contributed by atoms with Crippen LogP contribution in [0, 0.1) is 17.7 Å². The maximum atomic E-state index is 13.1. The van der Waals surface area contributed by atoms with Gasteiger partial charge < -0.3 is 0 Å². The van der Waals surface area contributed by atoms with Crippen LogP contribution in [0.3, 0.4) is 0 Å². The largest absolute Gasteiger partial charge is 0.206 e. The van der Waals surface area contributed by atoms with E-state index in [-0.39, 0.29) is 34.0 Å². The van der Waals surface area contributed by atoms with Gasteiger partial charge in [0, 0.05) is 27.6 Å². The van der Waals surface area contributed by atoms with Gasteiger partial charge in [0.05, 0.1) is 10.9 Å². The third-order valence-electron chi connectivity index (χ3n) is 1.78. The van der Waals surface area contributed by atoms with Crippen LogP contribution in [-0.2, 0) is 28.1 Å². The van der Waals surface area contributed by atoms with Gasteiger partial charge in [-0.1, -0.05) is 6.07 Å². The second kappa shape index (κ2) is 6.19. The molecule has 0 amide bonds. The van der Waals surface area contributed by atoms with Crippen LogP contribution in [0.2, 0.25) is 0 Å². The van der Waals surface area contributed by atoms with Gasteiger partial charge in [0.2, 0.25) is 0 Å². The summed E-state index contributed by atoms with van der Waals surface area (Å²) in [7, 11) is 0. The monoisotopic (exact) mass is 285 g/mol. The van der Waals surface area contributed by atoms with Gasteiger partial charge in [-0.3, -0.25) is 0 Å². The van der Waals surface area contributed by atoms with Crippen LogP contribution in [0.1, 0.15) is 12.5 Å². The van der Waals surface area contributed by atoms with Gasteiger partial charge in [-0.05, 0) is 25.0 Å². The molecule has 0 N–H and O–H groups in total. The summed E-state index contributed by atoms with van der Waals surface area (Å²) in [5.74, 6) is -1.22. The minimum atomic E-state index is -0.714. The van der Waals surface area contributed by atoms with Crippen molar-refractivity contribution in [2.75, 3.05) is 5.88 Å². The molecule has 0 aliphatic carbocycles. The Kier molecular flexibility index (Phi) is 6.35. The Bertz CT molecular complexity index is 329. The van der Waals surface area contributed by atoms with Crippen LogP contribution in [-0.4, -0.2) is 10.8 Å². The Labute approximate surface area is 113 Å². The summed E-state index contributed by atoms with van der Waals surface area (Å²) in [6.45, 7) is 1.70. The first kappa shape index (κ1) is 15.4. The van der Waals surface area contributed by atoms with E-state index in [9.17, 15) is 8.78 Å². The van der Waals surface area contributed by atoms with Crippen LogP contribution >= 0.6 is 23.2 Å². The number of hydrogen-bond acceptors (Lipinski definition) is 0. The van der Waals surface area contributed by atoms with E-state index < -0.39 is 16.5 Å². The fourth-order valence-corrected chi connectivity index (χ4v) is 1.29. The minimum Gasteiger partial charge on any atom is -0.206 e. The summed E-state index contributed by atoms with van der Waals surface area (Å²) in [5, 5.41) is 0. The molecule has 1 aromatic rings. The second-order valence-electron chi connectivity index (χ2n) is 3.37. The molecule has 1 aromatic carbocycles. The fraction of sp³-hybridized carbons (Fsp3) is 0.400. The minimum absolute atomic E-state index is 0. The summed E-state index contributed by atoms with van der Waals surface area (Å²) >= 11 is 11.5. The van der Waals surface area contributed by atoms with Crippen LogP contribution in [0.5, 0.6) is 0 Å². The van der Waals surface area contributed by atoms with Gasteiger partial charge in [0.25, 0.3) is 0 Å². The van der Waals surface area contributed by atoms with E-state index in [1.54, 1.807) is 6.92 Å². The van der Waals surface area contributed by atoms with E-state index in [4.69, 9.17) is 23.2 Å². The van der Waals surface area contributed by atoms with Crippen molar-refractivity contribution < 1.29 is 30.5 Å². The molecule has 0 aromatic heterocycles. The first-order chi connectivity index (χ1) is 6.44. The van der Waals surface area contributed by atoms with E-state index in [1.165, 1.54) is 6.07 Å². The van der Waals surface area contributed by atoms with Crippen molar-refractivity contribution in [1.82, 2.24) is 0 Å². The quantitative estimate of drug-likeness (QED) is 0.589. The molecular weight excluding hydrogens is 277 g/mol. The van der Waals surface area contributed by atoms with E-state index in [0.717, 1.165) is 6.07 Å². The zero-order chi connectivity index (χ0) is 10.8. The van der Waals surface area contributed by atoms with E-state index >= 15 is 0 Å². The van der Waals surface area contributed by atoms with Gasteiger partial charge in [-0.25, -0.2) is 8.78 Å². The van der Waals surface area contributed by atoms with Crippen molar-refractivity contribution >= 4 is 23.2 Å². The zero-order valence-corrected chi connectivity index (χ0v) is 11.2. The molecule has 0 saturated carbocycles. The summed E-state index contributed by atoms with van der Waals surface area (Å²) in [6.07, 6.45) is 0.251. The van der Waals surface area contributed by atoms with Crippen LogP contribution in [0.4, 0.5) is 8.78 Å². The normalized spacial score (nSPS) is 14.2. The molecule has 1 unspecified atom stereocenters. The van der Waals surface area contributed by atoms with E-state index in [0.29, 0.717) is 5.56 Å². The number of rotatable bonds is 3. The first-order valence-electron chi connectivity index (χ1n) is 4.06. The van der Waals surface area contributed by atoms with Crippen molar-refractivity contribution in [1.29, 1.82) is 0 Å². The van der Waals surface area contributed by atoms with Crippen LogP contribution < -0.4 is 0 Å². The van der Waals surface area contributed by atoms with Crippen molar-refractivity contribution in [3.63, 3.8) is 0 Å². The molecule has 0 bridgehead atoms. The first-order valence-corrected chi connectivity index (χ1v) is 4.97. The summed E-state index contributed by atoms with van der Waals surface area (Å²) < 4.78 is 25.6. The molecule has 0 spiro atoms. The molecule has 1 atom stereocenters. The van der Waals surface area contributed by atoms with E-state index in [2.05, 4.69) is 0 Å². The average molecular weight is 286 g/mol. The summed E-state index contributed by atoms with van der Waals surface area (Å²) in [5.41, 5.74) is 0.324. The summed E-state index contributed by atoms with van der Waals surface area (Å²) in [6, 6.07) is 4.46. The molecule has 5 heteroatoms. The predicted molar refractivity (Wildman–Crippen MR) is 53.9 cm³/mol. The van der Waals surface area contributed by atoms with Crippen molar-refractivity contribution in [3.05, 3.63) is 35.4 Å². The molecule has 15 heavy (non-hydrogen) atoms. The van der Waals surface area contributed by atoms with Crippen molar-refractivity contribution in [2.45, 2.75) is 18.2 Å². The molecule has 0 aliphatic heterocycles.